The van der Waals surface area contributed by atoms with Crippen LogP contribution in [-0.2, 0) is 11.2 Å². The maximum absolute atomic E-state index is 11.8. The average Bonchev–Trinajstić information content (AvgIpc) is 2.67. The molecule has 1 fully saturated rings. The highest BCUT2D eigenvalue weighted by Crippen LogP contribution is 2.29. The molecule has 0 aliphatic heterocycles. The van der Waals surface area contributed by atoms with Crippen LogP contribution in [0.25, 0.3) is 0 Å². The van der Waals surface area contributed by atoms with Crippen molar-refractivity contribution in [3.05, 3.63) is 10.6 Å². The summed E-state index contributed by atoms with van der Waals surface area (Å²) in [5.74, 6) is -0.914. The monoisotopic (exact) mass is 282 g/mol. The topological polar surface area (TPSA) is 79.3 Å². The number of unbranched alkanes of at least 4 members (excludes halogenated alkanes) is 1. The van der Waals surface area contributed by atoms with Gasteiger partial charge in [-0.3, -0.25) is 4.79 Å². The Balaban J connectivity index is 2.07. The Hall–Kier alpha value is -1.43. The highest BCUT2D eigenvalue weighted by Gasteiger charge is 2.26. The van der Waals surface area contributed by atoms with Gasteiger partial charge in [-0.1, -0.05) is 31.1 Å². The number of carbonyl (C=O) groups excluding carboxylic acids is 1. The summed E-state index contributed by atoms with van der Waals surface area (Å²) in [5, 5.41) is 12.3. The van der Waals surface area contributed by atoms with Crippen LogP contribution < -0.4 is 5.32 Å². The maximum atomic E-state index is 11.8. The van der Waals surface area contributed by atoms with Crippen LogP contribution in [0, 0.1) is 5.92 Å². The van der Waals surface area contributed by atoms with Gasteiger partial charge in [-0.2, -0.15) is 0 Å². The minimum Gasteiger partial charge on any atom is -0.477 e. The molecule has 0 saturated heterocycles. The molecule has 1 saturated carbocycles. The van der Waals surface area contributed by atoms with Crippen LogP contribution in [0.4, 0.5) is 5.13 Å². The van der Waals surface area contributed by atoms with Gasteiger partial charge in [0.2, 0.25) is 5.91 Å². The van der Waals surface area contributed by atoms with Crippen molar-refractivity contribution in [2.75, 3.05) is 5.32 Å². The largest absolute Gasteiger partial charge is 0.477 e. The molecule has 1 aromatic rings. The average molecular weight is 282 g/mol. The Bertz CT molecular complexity index is 480. The number of aryl methyl sites for hydroxylation is 1. The third kappa shape index (κ3) is 3.32. The Morgan fingerprint density at radius 1 is 1.47 bits per heavy atom. The number of carbonyl (C=O) groups is 2. The number of hydrogen-bond donors (Lipinski definition) is 2. The number of amides is 1. The Morgan fingerprint density at radius 2 is 2.21 bits per heavy atom. The second kappa shape index (κ2) is 6.14. The quantitative estimate of drug-likeness (QED) is 0.840. The van der Waals surface area contributed by atoms with Gasteiger partial charge in [0, 0.05) is 5.92 Å². The minimum absolute atomic E-state index is 0.0287. The first-order valence-electron chi connectivity index (χ1n) is 6.65. The number of nitrogens with zero attached hydrogens (tertiary/aromatic N) is 1. The van der Waals surface area contributed by atoms with E-state index < -0.39 is 5.97 Å². The summed E-state index contributed by atoms with van der Waals surface area (Å²) in [5.41, 5.74) is 0.586. The zero-order valence-electron chi connectivity index (χ0n) is 10.9. The van der Waals surface area contributed by atoms with Gasteiger partial charge in [-0.05, 0) is 25.7 Å². The van der Waals surface area contributed by atoms with Crippen LogP contribution >= 0.6 is 11.3 Å². The lowest BCUT2D eigenvalue weighted by atomic mass is 9.85. The van der Waals surface area contributed by atoms with Crippen molar-refractivity contribution in [2.45, 2.75) is 45.4 Å². The first kappa shape index (κ1) is 14.0. The first-order chi connectivity index (χ1) is 9.11. The predicted molar refractivity (Wildman–Crippen MR) is 73.7 cm³/mol. The third-order valence-corrected chi connectivity index (χ3v) is 4.37. The van der Waals surface area contributed by atoms with Crippen LogP contribution in [0.5, 0.6) is 0 Å². The number of nitrogens with one attached hydrogen (secondary N) is 1. The predicted octanol–water partition coefficient (Wildman–Crippen LogP) is 2.92. The van der Waals surface area contributed by atoms with E-state index in [0.717, 1.165) is 43.4 Å². The zero-order chi connectivity index (χ0) is 13.8. The van der Waals surface area contributed by atoms with E-state index in [0.29, 0.717) is 17.2 Å². The summed E-state index contributed by atoms with van der Waals surface area (Å²) in [6, 6.07) is 0. The van der Waals surface area contributed by atoms with Crippen LogP contribution in [0.2, 0.25) is 0 Å². The number of rotatable bonds is 6. The number of hydrogen-bond acceptors (Lipinski definition) is 4. The van der Waals surface area contributed by atoms with Crippen LogP contribution in [0.1, 0.15) is 54.4 Å². The molecular weight excluding hydrogens is 264 g/mol. The van der Waals surface area contributed by atoms with Crippen LogP contribution in [0.15, 0.2) is 0 Å². The third-order valence-electron chi connectivity index (χ3n) is 3.36. The van der Waals surface area contributed by atoms with E-state index in [-0.39, 0.29) is 16.7 Å². The molecule has 1 amide bonds. The van der Waals surface area contributed by atoms with Gasteiger partial charge in [0.15, 0.2) is 5.13 Å². The molecule has 1 aliphatic carbocycles. The molecule has 0 bridgehead atoms. The van der Waals surface area contributed by atoms with E-state index >= 15 is 0 Å². The summed E-state index contributed by atoms with van der Waals surface area (Å²) in [4.78, 5) is 27.5. The van der Waals surface area contributed by atoms with E-state index in [9.17, 15) is 9.59 Å². The van der Waals surface area contributed by atoms with E-state index in [1.165, 1.54) is 0 Å². The first-order valence-corrected chi connectivity index (χ1v) is 7.47. The Labute approximate surface area is 116 Å². The molecule has 6 heteroatoms. The van der Waals surface area contributed by atoms with Gasteiger partial charge in [-0.25, -0.2) is 9.78 Å². The molecule has 0 radical (unpaired) electrons. The Kier molecular flexibility index (Phi) is 4.52. The van der Waals surface area contributed by atoms with E-state index in [4.69, 9.17) is 5.11 Å². The number of aromatic carboxylic acids is 1. The van der Waals surface area contributed by atoms with Gasteiger partial charge in [0.1, 0.15) is 4.88 Å². The fourth-order valence-corrected chi connectivity index (χ4v) is 2.82. The normalized spacial score (nSPS) is 15.0. The molecule has 0 unspecified atom stereocenters. The molecule has 104 valence electrons. The summed E-state index contributed by atoms with van der Waals surface area (Å²) in [6.45, 7) is 2.05. The van der Waals surface area contributed by atoms with Crippen molar-refractivity contribution >= 4 is 28.3 Å². The summed E-state index contributed by atoms with van der Waals surface area (Å²) in [6.07, 6.45) is 5.48. The molecule has 2 rings (SSSR count). The molecule has 19 heavy (non-hydrogen) atoms. The van der Waals surface area contributed by atoms with Crippen molar-refractivity contribution in [3.63, 3.8) is 0 Å². The molecular formula is C13H18N2O3S. The molecule has 1 aliphatic rings. The van der Waals surface area contributed by atoms with Gasteiger partial charge >= 0.3 is 5.97 Å². The highest BCUT2D eigenvalue weighted by molar-refractivity contribution is 7.17. The standard InChI is InChI=1S/C13H18N2O3S/c1-2-3-7-9-10(12(17)18)19-13(14-9)15-11(16)8-5-4-6-8/h8H,2-7H2,1H3,(H,17,18)(H,14,15,16). The van der Waals surface area contributed by atoms with Crippen LogP contribution in [-0.4, -0.2) is 22.0 Å². The lowest BCUT2D eigenvalue weighted by Crippen LogP contribution is -2.27. The van der Waals surface area contributed by atoms with Gasteiger partial charge in [0.25, 0.3) is 0 Å². The van der Waals surface area contributed by atoms with Crippen molar-refractivity contribution in [1.29, 1.82) is 0 Å². The zero-order valence-corrected chi connectivity index (χ0v) is 11.8. The van der Waals surface area contributed by atoms with Crippen molar-refractivity contribution in [2.24, 2.45) is 5.92 Å². The van der Waals surface area contributed by atoms with E-state index in [1.807, 2.05) is 6.92 Å². The van der Waals surface area contributed by atoms with Crippen molar-refractivity contribution in [1.82, 2.24) is 4.98 Å². The van der Waals surface area contributed by atoms with E-state index in [2.05, 4.69) is 10.3 Å². The molecule has 1 aromatic heterocycles. The molecule has 1 heterocycles. The maximum Gasteiger partial charge on any atom is 0.347 e. The fraction of sp³-hybridized carbons (Fsp3) is 0.615. The second-order valence-corrected chi connectivity index (χ2v) is 5.82. The molecule has 5 nitrogen and oxygen atoms in total. The van der Waals surface area contributed by atoms with Gasteiger partial charge in [-0.15, -0.1) is 0 Å². The van der Waals surface area contributed by atoms with Gasteiger partial charge in [0.05, 0.1) is 5.69 Å². The highest BCUT2D eigenvalue weighted by atomic mass is 32.1. The lowest BCUT2D eigenvalue weighted by Gasteiger charge is -2.23. The van der Waals surface area contributed by atoms with E-state index in [1.54, 1.807) is 0 Å². The number of thiazole rings is 1. The Morgan fingerprint density at radius 3 is 2.74 bits per heavy atom. The summed E-state index contributed by atoms with van der Waals surface area (Å²) < 4.78 is 0. The van der Waals surface area contributed by atoms with Crippen molar-refractivity contribution < 1.29 is 14.7 Å². The number of aromatic nitrogens is 1. The number of anilines is 1. The van der Waals surface area contributed by atoms with Crippen LogP contribution in [0.3, 0.4) is 0 Å². The molecule has 0 atom stereocenters. The van der Waals surface area contributed by atoms with Gasteiger partial charge < -0.3 is 10.4 Å². The molecule has 2 N–H and O–H groups in total. The summed E-state index contributed by atoms with van der Waals surface area (Å²) in [7, 11) is 0. The SMILES string of the molecule is CCCCc1nc(NC(=O)C2CCC2)sc1C(=O)O. The number of carboxylic acids is 1. The molecule has 0 aromatic carbocycles. The lowest BCUT2D eigenvalue weighted by molar-refractivity contribution is -0.122. The minimum atomic E-state index is -0.965. The summed E-state index contributed by atoms with van der Waals surface area (Å²) >= 11 is 1.06. The second-order valence-electron chi connectivity index (χ2n) is 4.82. The number of carboxylic acid groups (broad SMARTS) is 1. The smallest absolute Gasteiger partial charge is 0.347 e. The fourth-order valence-electron chi connectivity index (χ4n) is 1.96. The van der Waals surface area contributed by atoms with Crippen molar-refractivity contribution in [3.8, 4) is 0 Å². The molecule has 0 spiro atoms.